The molecule has 1 saturated heterocycles. The first-order valence-corrected chi connectivity index (χ1v) is 17.3. The molecule has 4 heterocycles. The van der Waals surface area contributed by atoms with Gasteiger partial charge in [0.2, 0.25) is 5.91 Å². The van der Waals surface area contributed by atoms with Crippen molar-refractivity contribution in [1.29, 1.82) is 0 Å². The number of rotatable bonds is 7. The predicted octanol–water partition coefficient (Wildman–Crippen LogP) is 7.78. The molecular formula is C38H37ClF3N7O2. The molecule has 2 aliphatic rings. The number of hydrogen-bond donors (Lipinski definition) is 2. The molecule has 1 fully saturated rings. The summed E-state index contributed by atoms with van der Waals surface area (Å²) < 4.78 is 44.0. The number of para-hydroxylation sites is 2. The highest BCUT2D eigenvalue weighted by Crippen LogP contribution is 2.40. The van der Waals surface area contributed by atoms with E-state index in [0.717, 1.165) is 46.0 Å². The van der Waals surface area contributed by atoms with Crippen LogP contribution < -0.4 is 11.1 Å². The van der Waals surface area contributed by atoms with Crippen LogP contribution in [0.2, 0.25) is 5.02 Å². The minimum atomic E-state index is -4.71. The van der Waals surface area contributed by atoms with E-state index in [0.29, 0.717) is 38.3 Å². The van der Waals surface area contributed by atoms with Gasteiger partial charge in [0, 0.05) is 56.1 Å². The summed E-state index contributed by atoms with van der Waals surface area (Å²) in [4.78, 5) is 40.2. The van der Waals surface area contributed by atoms with Crippen LogP contribution in [0.3, 0.4) is 0 Å². The SMILES string of the molecule is Cc1cccc2c1nc(C(CC(=O)N1CCC(N3CCc4ccccc4NC3=O)CC1)Cc1cc(Cl)c(N)c(C(F)(F)F)c1)n2-c1ccncc1. The standard InChI is InChI=1S/C38H37ClF3N7O2/c1-23-5-4-8-32-35(23)46-36(49(32)28-9-14-44-15-10-28)26(19-24-20-29(38(40,41)42)34(43)30(39)21-24)22-33(50)47-16-12-27(13-17-47)48-18-11-25-6-2-3-7-31(25)45-37(48)51/h2-10,14-15,20-21,26-27H,11-13,16-19,22,43H2,1H3,(H,45,51). The maximum atomic E-state index is 14.2. The van der Waals surface area contributed by atoms with Gasteiger partial charge >= 0.3 is 12.2 Å². The van der Waals surface area contributed by atoms with E-state index in [1.165, 1.54) is 6.07 Å². The number of imidazole rings is 1. The lowest BCUT2D eigenvalue weighted by molar-refractivity contribution is -0.137. The predicted molar refractivity (Wildman–Crippen MR) is 191 cm³/mol. The molecule has 0 spiro atoms. The fourth-order valence-electron chi connectivity index (χ4n) is 7.37. The molecule has 0 aliphatic carbocycles. The number of hydrogen-bond acceptors (Lipinski definition) is 5. The second-order valence-corrected chi connectivity index (χ2v) is 13.6. The molecule has 3 N–H and O–H groups in total. The Hall–Kier alpha value is -5.10. The van der Waals surface area contributed by atoms with Gasteiger partial charge in [0.05, 0.1) is 33.0 Å². The van der Waals surface area contributed by atoms with Crippen LogP contribution in [0.25, 0.3) is 16.7 Å². The van der Waals surface area contributed by atoms with E-state index in [4.69, 9.17) is 22.3 Å². The fourth-order valence-corrected chi connectivity index (χ4v) is 7.61. The summed E-state index contributed by atoms with van der Waals surface area (Å²) in [7, 11) is 0. The molecule has 1 atom stereocenters. The van der Waals surface area contributed by atoms with Crippen molar-refractivity contribution >= 4 is 45.9 Å². The van der Waals surface area contributed by atoms with Crippen LogP contribution in [0.15, 0.2) is 79.1 Å². The Morgan fingerprint density at radius 2 is 1.78 bits per heavy atom. The highest BCUT2D eigenvalue weighted by atomic mass is 35.5. The van der Waals surface area contributed by atoms with E-state index in [9.17, 15) is 22.8 Å². The van der Waals surface area contributed by atoms with E-state index in [-0.39, 0.29) is 41.4 Å². The summed E-state index contributed by atoms with van der Waals surface area (Å²) in [6.45, 7) is 3.41. The highest BCUT2D eigenvalue weighted by molar-refractivity contribution is 6.33. The second-order valence-electron chi connectivity index (χ2n) is 13.2. The summed E-state index contributed by atoms with van der Waals surface area (Å²) in [5.74, 6) is -0.240. The van der Waals surface area contributed by atoms with Crippen LogP contribution in [-0.4, -0.2) is 61.9 Å². The number of anilines is 2. The zero-order chi connectivity index (χ0) is 35.9. The van der Waals surface area contributed by atoms with Crippen LogP contribution in [0, 0.1) is 6.92 Å². The van der Waals surface area contributed by atoms with E-state index < -0.39 is 23.3 Å². The van der Waals surface area contributed by atoms with Crippen molar-refractivity contribution in [2.75, 3.05) is 30.7 Å². The molecule has 9 nitrogen and oxygen atoms in total. The van der Waals surface area contributed by atoms with Crippen molar-refractivity contribution in [3.05, 3.63) is 112 Å². The van der Waals surface area contributed by atoms with Crippen LogP contribution in [0.5, 0.6) is 0 Å². The number of nitrogens with zero attached hydrogens (tertiary/aromatic N) is 5. The van der Waals surface area contributed by atoms with E-state index in [1.54, 1.807) is 17.3 Å². The summed E-state index contributed by atoms with van der Waals surface area (Å²) >= 11 is 6.26. The minimum absolute atomic E-state index is 0.0129. The van der Waals surface area contributed by atoms with Crippen LogP contribution in [0.1, 0.15) is 53.3 Å². The Morgan fingerprint density at radius 1 is 1.04 bits per heavy atom. The van der Waals surface area contributed by atoms with Crippen LogP contribution in [-0.2, 0) is 23.8 Å². The van der Waals surface area contributed by atoms with Gasteiger partial charge < -0.3 is 20.9 Å². The number of fused-ring (bicyclic) bond motifs is 2. The Morgan fingerprint density at radius 3 is 2.53 bits per heavy atom. The topological polar surface area (TPSA) is 109 Å². The zero-order valence-electron chi connectivity index (χ0n) is 28.0. The summed E-state index contributed by atoms with van der Waals surface area (Å²) in [6, 6.07) is 19.5. The molecule has 0 radical (unpaired) electrons. The van der Waals surface area contributed by atoms with Gasteiger partial charge in [-0.15, -0.1) is 0 Å². The Balaban J connectivity index is 1.18. The number of pyridine rings is 1. The third-order valence-corrected chi connectivity index (χ3v) is 10.3. The summed E-state index contributed by atoms with van der Waals surface area (Å²) in [5, 5.41) is 2.83. The largest absolute Gasteiger partial charge is 0.418 e. The Kier molecular flexibility index (Phi) is 9.36. The lowest BCUT2D eigenvalue weighted by Crippen LogP contribution is -2.50. The van der Waals surface area contributed by atoms with Crippen molar-refractivity contribution in [3.63, 3.8) is 0 Å². The number of amides is 3. The number of carbonyl (C=O) groups excluding carboxylic acids is 2. The quantitative estimate of drug-likeness (QED) is 0.167. The van der Waals surface area contributed by atoms with Crippen LogP contribution in [0.4, 0.5) is 29.3 Å². The zero-order valence-corrected chi connectivity index (χ0v) is 28.7. The molecular weight excluding hydrogens is 679 g/mol. The number of alkyl halides is 3. The van der Waals surface area contributed by atoms with E-state index in [1.807, 2.05) is 71.0 Å². The molecule has 5 aromatic rings. The molecule has 0 saturated carbocycles. The molecule has 1 unspecified atom stereocenters. The number of piperidine rings is 1. The van der Waals surface area contributed by atoms with Gasteiger partial charge in [0.15, 0.2) is 0 Å². The first kappa shape index (κ1) is 34.4. The van der Waals surface area contributed by atoms with Crippen LogP contribution >= 0.6 is 11.6 Å². The van der Waals surface area contributed by atoms with Crippen molar-refractivity contribution in [2.24, 2.45) is 0 Å². The van der Waals surface area contributed by atoms with Crippen molar-refractivity contribution in [2.45, 2.75) is 57.2 Å². The van der Waals surface area contributed by atoms with Crippen molar-refractivity contribution in [1.82, 2.24) is 24.3 Å². The smallest absolute Gasteiger partial charge is 0.397 e. The molecule has 2 aromatic heterocycles. The van der Waals surface area contributed by atoms with Crippen molar-refractivity contribution in [3.8, 4) is 5.69 Å². The Bertz CT molecular complexity index is 2100. The maximum absolute atomic E-state index is 14.2. The molecule has 264 valence electrons. The average molecular weight is 716 g/mol. The highest BCUT2D eigenvalue weighted by Gasteiger charge is 2.36. The third-order valence-electron chi connectivity index (χ3n) is 10.00. The molecule has 51 heavy (non-hydrogen) atoms. The fraction of sp³-hybridized carbons (Fsp3) is 0.316. The number of carbonyl (C=O) groups is 2. The maximum Gasteiger partial charge on any atom is 0.418 e. The first-order valence-electron chi connectivity index (χ1n) is 16.9. The summed E-state index contributed by atoms with van der Waals surface area (Å²) in [6.07, 6.45) is 0.586. The number of halogens is 4. The molecule has 3 aromatic carbocycles. The number of aryl methyl sites for hydroxylation is 1. The monoisotopic (exact) mass is 715 g/mol. The Labute approximate surface area is 298 Å². The number of nitrogen functional groups attached to an aromatic ring is 1. The van der Waals surface area contributed by atoms with Gasteiger partial charge in [-0.3, -0.25) is 14.3 Å². The third kappa shape index (κ3) is 6.97. The normalized spacial score (nSPS) is 16.1. The molecule has 7 rings (SSSR count). The first-order chi connectivity index (χ1) is 24.5. The number of nitrogens with two attached hydrogens (primary N) is 1. The minimum Gasteiger partial charge on any atom is -0.397 e. The molecule has 0 bridgehead atoms. The molecule has 3 amide bonds. The van der Waals surface area contributed by atoms with E-state index >= 15 is 0 Å². The second kappa shape index (κ2) is 13.9. The summed E-state index contributed by atoms with van der Waals surface area (Å²) in [5.41, 5.74) is 9.62. The lowest BCUT2D eigenvalue weighted by atomic mass is 9.92. The number of aromatic nitrogens is 3. The van der Waals surface area contributed by atoms with Crippen molar-refractivity contribution < 1.29 is 22.8 Å². The van der Waals surface area contributed by atoms with Gasteiger partial charge in [0.25, 0.3) is 0 Å². The number of urea groups is 1. The molecule has 13 heteroatoms. The average Bonchev–Trinajstić information content (AvgIpc) is 3.42. The van der Waals surface area contributed by atoms with Gasteiger partial charge in [-0.05, 0) is 85.7 Å². The van der Waals surface area contributed by atoms with Gasteiger partial charge in [-0.1, -0.05) is 41.9 Å². The van der Waals surface area contributed by atoms with E-state index in [2.05, 4.69) is 10.3 Å². The lowest BCUT2D eigenvalue weighted by Gasteiger charge is -2.38. The van der Waals surface area contributed by atoms with Gasteiger partial charge in [0.1, 0.15) is 5.82 Å². The number of benzene rings is 3. The number of nitrogens with one attached hydrogen (secondary N) is 1. The van der Waals surface area contributed by atoms with Gasteiger partial charge in [-0.2, -0.15) is 13.2 Å². The van der Waals surface area contributed by atoms with Gasteiger partial charge in [-0.25, -0.2) is 9.78 Å². The molecule has 2 aliphatic heterocycles. The number of likely N-dealkylation sites (tertiary alicyclic amines) is 1.